The van der Waals surface area contributed by atoms with Gasteiger partial charge in [0.2, 0.25) is 0 Å². The van der Waals surface area contributed by atoms with E-state index in [1.54, 1.807) is 0 Å². The third-order valence-electron chi connectivity index (χ3n) is 3.73. The van der Waals surface area contributed by atoms with Crippen LogP contribution in [0, 0.1) is 5.92 Å². The Morgan fingerprint density at radius 3 is 2.80 bits per heavy atom. The van der Waals surface area contributed by atoms with Crippen molar-refractivity contribution in [2.45, 2.75) is 19.4 Å². The van der Waals surface area contributed by atoms with Gasteiger partial charge in [0, 0.05) is 13.1 Å². The Bertz CT molecular complexity index is 420. The zero-order valence-corrected chi connectivity index (χ0v) is 12.4. The summed E-state index contributed by atoms with van der Waals surface area (Å²) in [5.74, 6) is 0.613. The lowest BCUT2D eigenvalue weighted by atomic mass is 10.1. The van der Waals surface area contributed by atoms with Crippen molar-refractivity contribution in [3.8, 4) is 0 Å². The van der Waals surface area contributed by atoms with Crippen molar-refractivity contribution in [2.24, 2.45) is 5.92 Å². The molecule has 2 rings (SSSR count). The monoisotopic (exact) mass is 276 g/mol. The maximum Gasteiger partial charge on any atom is 0.410 e. The van der Waals surface area contributed by atoms with E-state index in [0.717, 1.165) is 38.0 Å². The number of carbonyl (C=O) groups is 1. The highest BCUT2D eigenvalue weighted by Crippen LogP contribution is 2.20. The summed E-state index contributed by atoms with van der Waals surface area (Å²) < 4.78 is 5.36. The second-order valence-electron chi connectivity index (χ2n) is 5.73. The van der Waals surface area contributed by atoms with Crippen molar-refractivity contribution >= 4 is 6.09 Å². The molecule has 0 N–H and O–H groups in total. The highest BCUT2D eigenvalue weighted by Gasteiger charge is 2.26. The molecule has 1 amide bonds. The third-order valence-corrected chi connectivity index (χ3v) is 3.73. The number of rotatable bonds is 5. The molecule has 1 saturated heterocycles. The molecule has 0 radical (unpaired) electrons. The van der Waals surface area contributed by atoms with E-state index in [4.69, 9.17) is 4.74 Å². The fourth-order valence-corrected chi connectivity index (χ4v) is 2.49. The molecule has 1 aliphatic heterocycles. The molecule has 1 atom stereocenters. The van der Waals surface area contributed by atoms with Crippen LogP contribution in [0.3, 0.4) is 0 Å². The van der Waals surface area contributed by atoms with Gasteiger partial charge in [0.1, 0.15) is 6.61 Å². The number of benzene rings is 1. The van der Waals surface area contributed by atoms with E-state index in [1.807, 2.05) is 35.2 Å². The van der Waals surface area contributed by atoms with Gasteiger partial charge in [-0.25, -0.2) is 4.79 Å². The van der Waals surface area contributed by atoms with Crippen molar-refractivity contribution in [1.82, 2.24) is 9.80 Å². The molecule has 1 aliphatic rings. The second kappa shape index (κ2) is 7.29. The molecule has 1 fully saturated rings. The Kier molecular flexibility index (Phi) is 5.41. The van der Waals surface area contributed by atoms with E-state index in [-0.39, 0.29) is 6.09 Å². The molecule has 0 aromatic heterocycles. The quantitative estimate of drug-likeness (QED) is 0.828. The molecular weight excluding hydrogens is 252 g/mol. The van der Waals surface area contributed by atoms with E-state index in [9.17, 15) is 4.79 Å². The van der Waals surface area contributed by atoms with Gasteiger partial charge in [0.05, 0.1) is 0 Å². The molecule has 1 unspecified atom stereocenters. The molecule has 0 bridgehead atoms. The minimum absolute atomic E-state index is 0.179. The van der Waals surface area contributed by atoms with Gasteiger partial charge in [0.25, 0.3) is 0 Å². The van der Waals surface area contributed by atoms with Crippen molar-refractivity contribution in [2.75, 3.05) is 33.7 Å². The minimum atomic E-state index is -0.179. The lowest BCUT2D eigenvalue weighted by Gasteiger charge is -2.17. The average molecular weight is 276 g/mol. The Morgan fingerprint density at radius 1 is 1.35 bits per heavy atom. The number of nitrogens with zero attached hydrogens (tertiary/aromatic N) is 2. The van der Waals surface area contributed by atoms with Gasteiger partial charge in [0.15, 0.2) is 0 Å². The summed E-state index contributed by atoms with van der Waals surface area (Å²) in [7, 11) is 4.17. The van der Waals surface area contributed by atoms with Crippen LogP contribution in [0.2, 0.25) is 0 Å². The second-order valence-corrected chi connectivity index (χ2v) is 5.73. The van der Waals surface area contributed by atoms with Crippen LogP contribution in [0.1, 0.15) is 18.4 Å². The molecule has 1 heterocycles. The molecular formula is C16H24N2O2. The summed E-state index contributed by atoms with van der Waals surface area (Å²) >= 11 is 0. The first-order chi connectivity index (χ1) is 9.65. The van der Waals surface area contributed by atoms with Crippen LogP contribution in [0.5, 0.6) is 0 Å². The van der Waals surface area contributed by atoms with Crippen molar-refractivity contribution in [3.63, 3.8) is 0 Å². The van der Waals surface area contributed by atoms with E-state index in [2.05, 4.69) is 19.0 Å². The number of amides is 1. The number of hydrogen-bond acceptors (Lipinski definition) is 3. The smallest absolute Gasteiger partial charge is 0.410 e. The zero-order valence-electron chi connectivity index (χ0n) is 12.4. The standard InChI is InChI=1S/C16H24N2O2/c1-17(2)10-8-14-9-11-18(12-14)16(19)20-13-15-6-4-3-5-7-15/h3-7,14H,8-13H2,1-2H3. The molecule has 0 aliphatic carbocycles. The molecule has 1 aromatic carbocycles. The topological polar surface area (TPSA) is 32.8 Å². The first kappa shape index (κ1) is 14.9. The Balaban J connectivity index is 1.71. The van der Waals surface area contributed by atoms with Crippen molar-refractivity contribution in [3.05, 3.63) is 35.9 Å². The average Bonchev–Trinajstić information content (AvgIpc) is 2.92. The van der Waals surface area contributed by atoms with E-state index in [0.29, 0.717) is 12.5 Å². The Hall–Kier alpha value is -1.55. The van der Waals surface area contributed by atoms with Crippen LogP contribution in [-0.2, 0) is 11.3 Å². The van der Waals surface area contributed by atoms with Crippen LogP contribution < -0.4 is 0 Å². The molecule has 4 heteroatoms. The lowest BCUT2D eigenvalue weighted by Crippen LogP contribution is -2.29. The zero-order chi connectivity index (χ0) is 14.4. The van der Waals surface area contributed by atoms with Crippen LogP contribution in [0.25, 0.3) is 0 Å². The van der Waals surface area contributed by atoms with Crippen molar-refractivity contribution in [1.29, 1.82) is 0 Å². The highest BCUT2D eigenvalue weighted by atomic mass is 16.6. The van der Waals surface area contributed by atoms with Crippen LogP contribution in [-0.4, -0.2) is 49.6 Å². The minimum Gasteiger partial charge on any atom is -0.445 e. The van der Waals surface area contributed by atoms with Crippen molar-refractivity contribution < 1.29 is 9.53 Å². The summed E-state index contributed by atoms with van der Waals surface area (Å²) in [5, 5.41) is 0. The molecule has 1 aromatic rings. The number of ether oxygens (including phenoxy) is 1. The van der Waals surface area contributed by atoms with Gasteiger partial charge in [-0.1, -0.05) is 30.3 Å². The molecule has 4 nitrogen and oxygen atoms in total. The predicted octanol–water partition coefficient (Wildman–Crippen LogP) is 2.60. The lowest BCUT2D eigenvalue weighted by molar-refractivity contribution is 0.103. The Labute approximate surface area is 121 Å². The maximum absolute atomic E-state index is 12.0. The summed E-state index contributed by atoms with van der Waals surface area (Å²) in [6.45, 7) is 3.10. The SMILES string of the molecule is CN(C)CCC1CCN(C(=O)OCc2ccccc2)C1. The van der Waals surface area contributed by atoms with Gasteiger partial charge in [-0.15, -0.1) is 0 Å². The van der Waals surface area contributed by atoms with E-state index < -0.39 is 0 Å². The number of likely N-dealkylation sites (tertiary alicyclic amines) is 1. The van der Waals surface area contributed by atoms with Crippen LogP contribution in [0.4, 0.5) is 4.79 Å². The fourth-order valence-electron chi connectivity index (χ4n) is 2.49. The third kappa shape index (κ3) is 4.53. The molecule has 110 valence electrons. The van der Waals surface area contributed by atoms with Crippen LogP contribution >= 0.6 is 0 Å². The maximum atomic E-state index is 12.0. The summed E-state index contributed by atoms with van der Waals surface area (Å²) in [5.41, 5.74) is 1.03. The van der Waals surface area contributed by atoms with Gasteiger partial charge in [-0.3, -0.25) is 0 Å². The first-order valence-electron chi connectivity index (χ1n) is 7.25. The highest BCUT2D eigenvalue weighted by molar-refractivity contribution is 5.68. The number of carbonyl (C=O) groups excluding carboxylic acids is 1. The van der Waals surface area contributed by atoms with Gasteiger partial charge in [-0.2, -0.15) is 0 Å². The number of hydrogen-bond donors (Lipinski definition) is 0. The molecule has 0 spiro atoms. The fraction of sp³-hybridized carbons (Fsp3) is 0.562. The van der Waals surface area contributed by atoms with Gasteiger partial charge < -0.3 is 14.5 Å². The van der Waals surface area contributed by atoms with E-state index in [1.165, 1.54) is 0 Å². The van der Waals surface area contributed by atoms with E-state index >= 15 is 0 Å². The van der Waals surface area contributed by atoms with Gasteiger partial charge in [-0.05, 0) is 45.0 Å². The van der Waals surface area contributed by atoms with Gasteiger partial charge >= 0.3 is 6.09 Å². The molecule has 20 heavy (non-hydrogen) atoms. The summed E-state index contributed by atoms with van der Waals surface area (Å²) in [6, 6.07) is 9.81. The molecule has 0 saturated carbocycles. The summed E-state index contributed by atoms with van der Waals surface area (Å²) in [6.07, 6.45) is 2.06. The Morgan fingerprint density at radius 2 is 2.10 bits per heavy atom. The normalized spacial score (nSPS) is 18.6. The largest absolute Gasteiger partial charge is 0.445 e. The first-order valence-corrected chi connectivity index (χ1v) is 7.25. The van der Waals surface area contributed by atoms with Crippen LogP contribution in [0.15, 0.2) is 30.3 Å². The predicted molar refractivity (Wildman–Crippen MR) is 79.5 cm³/mol. The summed E-state index contributed by atoms with van der Waals surface area (Å²) in [4.78, 5) is 16.0.